The summed E-state index contributed by atoms with van der Waals surface area (Å²) in [5.74, 6) is -0.557. The number of hydrogen-bond donors (Lipinski definition) is 2. The maximum absolute atomic E-state index is 12.7. The first-order valence-electron chi connectivity index (χ1n) is 12.6. The molecule has 37 heavy (non-hydrogen) atoms. The van der Waals surface area contributed by atoms with E-state index in [1.54, 1.807) is 24.9 Å². The largest absolute Gasteiger partial charge is 0.385 e. The molecule has 0 aromatic carbocycles. The number of nitrogens with one attached hydrogen (secondary N) is 1. The number of carbonyl (C=O) groups is 1. The lowest BCUT2D eigenvalue weighted by atomic mass is 9.79. The van der Waals surface area contributed by atoms with Crippen LogP contribution in [0.4, 0.5) is 5.69 Å². The number of hydrogen-bond acceptors (Lipinski definition) is 8. The van der Waals surface area contributed by atoms with Gasteiger partial charge < -0.3 is 29.8 Å². The number of nitrogens with zero attached hydrogens (tertiary/aromatic N) is 5. The molecule has 0 bridgehead atoms. The molecule has 4 aromatic heterocycles. The zero-order valence-corrected chi connectivity index (χ0v) is 21.2. The number of aromatic nitrogens is 5. The fourth-order valence-electron chi connectivity index (χ4n) is 5.69. The highest BCUT2D eigenvalue weighted by molar-refractivity contribution is 5.96. The van der Waals surface area contributed by atoms with E-state index in [9.17, 15) is 4.79 Å². The first-order valence-corrected chi connectivity index (χ1v) is 12.6. The van der Waals surface area contributed by atoms with Gasteiger partial charge in [0.25, 0.3) is 5.91 Å². The summed E-state index contributed by atoms with van der Waals surface area (Å²) in [5, 5.41) is 9.10. The van der Waals surface area contributed by atoms with Crippen LogP contribution < -0.4 is 11.1 Å². The van der Waals surface area contributed by atoms with Crippen molar-refractivity contribution >= 4 is 28.3 Å². The summed E-state index contributed by atoms with van der Waals surface area (Å²) in [7, 11) is 5.22. The smallest absolute Gasteiger partial charge is 0.269 e. The van der Waals surface area contributed by atoms with Crippen LogP contribution in [0.15, 0.2) is 30.6 Å². The van der Waals surface area contributed by atoms with Crippen LogP contribution in [0.3, 0.4) is 0 Å². The number of rotatable bonds is 7. The average molecular weight is 506 g/mol. The van der Waals surface area contributed by atoms with Gasteiger partial charge in [-0.2, -0.15) is 5.10 Å². The molecule has 1 amide bonds. The Kier molecular flexibility index (Phi) is 6.06. The molecule has 1 aliphatic carbocycles. The van der Waals surface area contributed by atoms with Gasteiger partial charge in [-0.3, -0.25) is 4.79 Å². The molecule has 6 rings (SSSR count). The molecular formula is C26H31N7O4. The van der Waals surface area contributed by atoms with Crippen molar-refractivity contribution in [1.82, 2.24) is 24.1 Å². The van der Waals surface area contributed by atoms with Crippen LogP contribution in [-0.2, 0) is 14.2 Å². The lowest BCUT2D eigenvalue weighted by Gasteiger charge is -2.34. The Hall–Kier alpha value is -3.54. The van der Waals surface area contributed by atoms with Crippen molar-refractivity contribution in [2.45, 2.75) is 43.4 Å². The summed E-state index contributed by atoms with van der Waals surface area (Å²) in [6.07, 6.45) is 6.40. The van der Waals surface area contributed by atoms with Crippen molar-refractivity contribution in [1.29, 1.82) is 0 Å². The number of imidazole rings is 1. The summed E-state index contributed by atoms with van der Waals surface area (Å²) in [4.78, 5) is 22.2. The van der Waals surface area contributed by atoms with Crippen molar-refractivity contribution in [3.8, 4) is 11.3 Å². The average Bonchev–Trinajstić information content (AvgIpc) is 3.46. The van der Waals surface area contributed by atoms with Gasteiger partial charge in [-0.25, -0.2) is 14.5 Å². The molecule has 0 unspecified atom stereocenters. The molecule has 2 fully saturated rings. The Labute approximate surface area is 213 Å². The molecule has 1 saturated carbocycles. The van der Waals surface area contributed by atoms with E-state index in [1.165, 1.54) is 0 Å². The molecule has 194 valence electrons. The number of primary amides is 1. The molecular weight excluding hydrogens is 474 g/mol. The quantitative estimate of drug-likeness (QED) is 0.392. The van der Waals surface area contributed by atoms with E-state index in [0.29, 0.717) is 35.9 Å². The van der Waals surface area contributed by atoms with E-state index in [-0.39, 0.29) is 24.2 Å². The van der Waals surface area contributed by atoms with E-state index in [1.807, 2.05) is 25.2 Å². The highest BCUT2D eigenvalue weighted by Crippen LogP contribution is 2.41. The molecule has 3 N–H and O–H groups in total. The predicted octanol–water partition coefficient (Wildman–Crippen LogP) is 2.76. The Morgan fingerprint density at radius 1 is 1.19 bits per heavy atom. The minimum Gasteiger partial charge on any atom is -0.385 e. The lowest BCUT2D eigenvalue weighted by Crippen LogP contribution is -2.35. The zero-order valence-electron chi connectivity index (χ0n) is 21.2. The van der Waals surface area contributed by atoms with Gasteiger partial charge in [0.15, 0.2) is 11.3 Å². The molecule has 1 saturated heterocycles. The van der Waals surface area contributed by atoms with E-state index in [4.69, 9.17) is 35.0 Å². The van der Waals surface area contributed by atoms with E-state index < -0.39 is 5.91 Å². The third-order valence-electron chi connectivity index (χ3n) is 7.77. The standard InChI is InChI=1S/C26H31N7O4/c1-28-18-11-17(31-33-23(24(27)34)22(30-26(18)33)15-6-7-20(15)35-2)16-12-32(25-14(16)5-4-9-29-25)19-8-10-37-13-21(19)36-3/h4-5,9,11-12,15,19-21,28H,6-8,10,13H2,1-3H3,(H2,27,34)/t15-,19+,20+,21+/m0/s1. The molecule has 11 heteroatoms. The van der Waals surface area contributed by atoms with Crippen molar-refractivity contribution in [3.63, 3.8) is 0 Å². The number of fused-ring (bicyclic) bond motifs is 2. The molecule has 5 heterocycles. The first-order chi connectivity index (χ1) is 18.0. The second kappa shape index (κ2) is 9.40. The first kappa shape index (κ1) is 23.8. The topological polar surface area (TPSA) is 131 Å². The van der Waals surface area contributed by atoms with Gasteiger partial charge in [0, 0.05) is 57.1 Å². The Bertz CT molecular complexity index is 1480. The maximum atomic E-state index is 12.7. The minimum absolute atomic E-state index is 0.00738. The summed E-state index contributed by atoms with van der Waals surface area (Å²) in [5.41, 5.74) is 10.6. The highest BCUT2D eigenvalue weighted by Gasteiger charge is 2.38. The van der Waals surface area contributed by atoms with Crippen molar-refractivity contribution in [3.05, 3.63) is 42.0 Å². The SMILES string of the molecule is CNc1cc(-c2cn([C@@H]3CCOC[C@H]3OC)c3ncccc23)nn2c(C(N)=O)c([C@H]3CC[C@H]3OC)nc12. The van der Waals surface area contributed by atoms with Crippen LogP contribution in [0.5, 0.6) is 0 Å². The molecule has 1 aliphatic heterocycles. The molecule has 0 spiro atoms. The number of ether oxygens (including phenoxy) is 3. The summed E-state index contributed by atoms with van der Waals surface area (Å²) < 4.78 is 20.7. The van der Waals surface area contributed by atoms with Crippen LogP contribution in [0.25, 0.3) is 27.9 Å². The second-order valence-electron chi connectivity index (χ2n) is 9.63. The molecule has 4 atom stereocenters. The Morgan fingerprint density at radius 2 is 2.03 bits per heavy atom. The third-order valence-corrected chi connectivity index (χ3v) is 7.77. The zero-order chi connectivity index (χ0) is 25.7. The van der Waals surface area contributed by atoms with E-state index in [2.05, 4.69) is 16.1 Å². The van der Waals surface area contributed by atoms with Gasteiger partial charge in [0.1, 0.15) is 11.8 Å². The Morgan fingerprint density at radius 3 is 2.73 bits per heavy atom. The van der Waals surface area contributed by atoms with Crippen molar-refractivity contribution in [2.24, 2.45) is 5.73 Å². The molecule has 4 aromatic rings. The van der Waals surface area contributed by atoms with Gasteiger partial charge in [-0.15, -0.1) is 0 Å². The van der Waals surface area contributed by atoms with Crippen molar-refractivity contribution < 1.29 is 19.0 Å². The molecule has 0 radical (unpaired) electrons. The van der Waals surface area contributed by atoms with Gasteiger partial charge in [-0.05, 0) is 37.5 Å². The van der Waals surface area contributed by atoms with Gasteiger partial charge >= 0.3 is 0 Å². The molecule has 2 aliphatic rings. The fraction of sp³-hybridized carbons (Fsp3) is 0.462. The summed E-state index contributed by atoms with van der Waals surface area (Å²) in [6, 6.07) is 5.97. The second-order valence-corrected chi connectivity index (χ2v) is 9.63. The predicted molar refractivity (Wildman–Crippen MR) is 138 cm³/mol. The third kappa shape index (κ3) is 3.76. The number of carbonyl (C=O) groups excluding carboxylic acids is 1. The lowest BCUT2D eigenvalue weighted by molar-refractivity contribution is -0.0592. The van der Waals surface area contributed by atoms with E-state index in [0.717, 1.165) is 41.5 Å². The normalized spacial score (nSPS) is 23.9. The Balaban J connectivity index is 1.55. The van der Waals surface area contributed by atoms with Gasteiger partial charge in [0.2, 0.25) is 0 Å². The number of nitrogens with two attached hydrogens (primary N) is 1. The highest BCUT2D eigenvalue weighted by atomic mass is 16.5. The number of anilines is 1. The maximum Gasteiger partial charge on any atom is 0.269 e. The van der Waals surface area contributed by atoms with Crippen LogP contribution in [0.2, 0.25) is 0 Å². The number of pyridine rings is 1. The summed E-state index contributed by atoms with van der Waals surface area (Å²) >= 11 is 0. The monoisotopic (exact) mass is 505 g/mol. The number of amides is 1. The van der Waals surface area contributed by atoms with Crippen LogP contribution in [-0.4, -0.2) is 76.7 Å². The van der Waals surface area contributed by atoms with Crippen molar-refractivity contribution in [2.75, 3.05) is 39.8 Å². The van der Waals surface area contributed by atoms with Crippen LogP contribution >= 0.6 is 0 Å². The minimum atomic E-state index is -0.565. The summed E-state index contributed by atoms with van der Waals surface area (Å²) in [6.45, 7) is 1.18. The van der Waals surface area contributed by atoms with Gasteiger partial charge in [-0.1, -0.05) is 0 Å². The molecule has 11 nitrogen and oxygen atoms in total. The van der Waals surface area contributed by atoms with E-state index >= 15 is 0 Å². The van der Waals surface area contributed by atoms with Crippen LogP contribution in [0, 0.1) is 0 Å². The van der Waals surface area contributed by atoms with Crippen LogP contribution in [0.1, 0.15) is 47.4 Å². The fourth-order valence-corrected chi connectivity index (χ4v) is 5.69. The van der Waals surface area contributed by atoms with Gasteiger partial charge in [0.05, 0.1) is 35.8 Å². The number of methoxy groups -OCH3 is 2.